The number of benzene rings is 1. The smallest absolute Gasteiger partial charge is 0.247 e. The molecule has 3 aromatic rings. The predicted molar refractivity (Wildman–Crippen MR) is 98.4 cm³/mol. The maximum absolute atomic E-state index is 13.0. The van der Waals surface area contributed by atoms with E-state index in [-0.39, 0.29) is 5.82 Å². The standard InChI is InChI=1S/C19H21FN6O/c1-25(12-16-4-3-11-26(16)17-5-2-10-21-22-17)13-18-23-24-19(27-18)14-6-8-15(20)9-7-14/h2,5-10,16H,3-4,11-13H2,1H3. The highest BCUT2D eigenvalue weighted by atomic mass is 19.1. The average molecular weight is 368 g/mol. The molecule has 3 heterocycles. The van der Waals surface area contributed by atoms with Crippen molar-refractivity contribution >= 4 is 5.82 Å². The van der Waals surface area contributed by atoms with Gasteiger partial charge in [0, 0.05) is 30.9 Å². The molecule has 1 aliphatic rings. The van der Waals surface area contributed by atoms with Crippen LogP contribution in [0.5, 0.6) is 0 Å². The van der Waals surface area contributed by atoms with E-state index in [2.05, 4.69) is 30.2 Å². The Bertz CT molecular complexity index is 869. The van der Waals surface area contributed by atoms with E-state index in [0.717, 1.165) is 31.7 Å². The molecule has 8 heteroatoms. The Morgan fingerprint density at radius 3 is 2.81 bits per heavy atom. The van der Waals surface area contributed by atoms with E-state index in [0.29, 0.717) is 29.9 Å². The Morgan fingerprint density at radius 2 is 2.04 bits per heavy atom. The number of aromatic nitrogens is 4. The molecule has 1 atom stereocenters. The summed E-state index contributed by atoms with van der Waals surface area (Å²) < 4.78 is 18.8. The van der Waals surface area contributed by atoms with E-state index in [4.69, 9.17) is 4.42 Å². The van der Waals surface area contributed by atoms with Crippen molar-refractivity contribution in [3.8, 4) is 11.5 Å². The molecular formula is C19H21FN6O. The van der Waals surface area contributed by atoms with Crippen molar-refractivity contribution in [3.05, 3.63) is 54.3 Å². The molecule has 0 bridgehead atoms. The van der Waals surface area contributed by atoms with Crippen molar-refractivity contribution in [1.82, 2.24) is 25.3 Å². The van der Waals surface area contributed by atoms with Crippen molar-refractivity contribution in [1.29, 1.82) is 0 Å². The molecule has 1 saturated heterocycles. The van der Waals surface area contributed by atoms with Crippen LogP contribution in [0.1, 0.15) is 18.7 Å². The highest BCUT2D eigenvalue weighted by Crippen LogP contribution is 2.24. The lowest BCUT2D eigenvalue weighted by Gasteiger charge is -2.28. The van der Waals surface area contributed by atoms with Crippen LogP contribution in [0.2, 0.25) is 0 Å². The van der Waals surface area contributed by atoms with Gasteiger partial charge in [0.25, 0.3) is 0 Å². The summed E-state index contributed by atoms with van der Waals surface area (Å²) in [5, 5.41) is 16.4. The van der Waals surface area contributed by atoms with Crippen LogP contribution in [0.3, 0.4) is 0 Å². The summed E-state index contributed by atoms with van der Waals surface area (Å²) in [4.78, 5) is 4.47. The monoisotopic (exact) mass is 368 g/mol. The molecule has 1 fully saturated rings. The topological polar surface area (TPSA) is 71.2 Å². The molecule has 4 rings (SSSR count). The van der Waals surface area contributed by atoms with Crippen LogP contribution in [-0.4, -0.2) is 51.5 Å². The van der Waals surface area contributed by atoms with Gasteiger partial charge < -0.3 is 9.32 Å². The first-order valence-electron chi connectivity index (χ1n) is 9.00. The summed E-state index contributed by atoms with van der Waals surface area (Å²) in [6.07, 6.45) is 3.95. The van der Waals surface area contributed by atoms with Gasteiger partial charge >= 0.3 is 0 Å². The molecule has 27 heavy (non-hydrogen) atoms. The summed E-state index contributed by atoms with van der Waals surface area (Å²) in [6.45, 7) is 2.41. The van der Waals surface area contributed by atoms with Gasteiger partial charge in [-0.3, -0.25) is 4.90 Å². The van der Waals surface area contributed by atoms with Crippen LogP contribution >= 0.6 is 0 Å². The lowest BCUT2D eigenvalue weighted by atomic mass is 10.2. The highest BCUT2D eigenvalue weighted by Gasteiger charge is 2.27. The van der Waals surface area contributed by atoms with E-state index in [1.54, 1.807) is 18.3 Å². The number of halogens is 1. The number of hydrogen-bond acceptors (Lipinski definition) is 7. The average Bonchev–Trinajstić information content (AvgIpc) is 3.33. The molecule has 1 aromatic carbocycles. The van der Waals surface area contributed by atoms with Gasteiger partial charge in [0.2, 0.25) is 11.8 Å². The molecule has 140 valence electrons. The second-order valence-electron chi connectivity index (χ2n) is 6.78. The minimum absolute atomic E-state index is 0.289. The molecule has 7 nitrogen and oxygen atoms in total. The van der Waals surface area contributed by atoms with Crippen LogP contribution in [0.15, 0.2) is 47.0 Å². The summed E-state index contributed by atoms with van der Waals surface area (Å²) in [5.41, 5.74) is 0.711. The van der Waals surface area contributed by atoms with E-state index < -0.39 is 0 Å². The third kappa shape index (κ3) is 4.11. The summed E-state index contributed by atoms with van der Waals surface area (Å²) in [6, 6.07) is 10.3. The number of nitrogens with zero attached hydrogens (tertiary/aromatic N) is 6. The van der Waals surface area contributed by atoms with Gasteiger partial charge in [0.1, 0.15) is 5.82 Å². The Kier molecular flexibility index (Phi) is 5.06. The number of anilines is 1. The molecule has 0 saturated carbocycles. The predicted octanol–water partition coefficient (Wildman–Crippen LogP) is 2.77. The lowest BCUT2D eigenvalue weighted by molar-refractivity contribution is 0.272. The van der Waals surface area contributed by atoms with Gasteiger partial charge in [-0.05, 0) is 56.3 Å². The molecule has 2 aromatic heterocycles. The summed E-state index contributed by atoms with van der Waals surface area (Å²) >= 11 is 0. The number of rotatable bonds is 6. The number of likely N-dealkylation sites (N-methyl/N-ethyl adjacent to an activating group) is 1. The zero-order chi connectivity index (χ0) is 18.6. The fraction of sp³-hybridized carbons (Fsp3) is 0.368. The number of hydrogen-bond donors (Lipinski definition) is 0. The zero-order valence-corrected chi connectivity index (χ0v) is 15.1. The van der Waals surface area contributed by atoms with E-state index in [1.807, 2.05) is 19.2 Å². The Morgan fingerprint density at radius 1 is 1.19 bits per heavy atom. The van der Waals surface area contributed by atoms with Crippen molar-refractivity contribution in [2.24, 2.45) is 0 Å². The zero-order valence-electron chi connectivity index (χ0n) is 15.1. The van der Waals surface area contributed by atoms with Crippen molar-refractivity contribution < 1.29 is 8.81 Å². The maximum Gasteiger partial charge on any atom is 0.247 e. The normalized spacial score (nSPS) is 17.0. The van der Waals surface area contributed by atoms with Gasteiger partial charge in [-0.15, -0.1) is 15.3 Å². The van der Waals surface area contributed by atoms with E-state index >= 15 is 0 Å². The van der Waals surface area contributed by atoms with Crippen LogP contribution in [0.4, 0.5) is 10.2 Å². The van der Waals surface area contributed by atoms with Crippen LogP contribution in [0.25, 0.3) is 11.5 Å². The Balaban J connectivity index is 1.38. The van der Waals surface area contributed by atoms with Gasteiger partial charge in [-0.25, -0.2) is 4.39 Å². The minimum atomic E-state index is -0.289. The second kappa shape index (κ2) is 7.79. The van der Waals surface area contributed by atoms with Crippen LogP contribution < -0.4 is 4.90 Å². The lowest BCUT2D eigenvalue weighted by Crippen LogP contribution is -2.39. The van der Waals surface area contributed by atoms with Crippen molar-refractivity contribution in [3.63, 3.8) is 0 Å². The molecular weight excluding hydrogens is 347 g/mol. The molecule has 0 radical (unpaired) electrons. The first-order valence-corrected chi connectivity index (χ1v) is 9.00. The first-order chi connectivity index (χ1) is 13.2. The molecule has 0 aliphatic carbocycles. The summed E-state index contributed by atoms with van der Waals surface area (Å²) in [7, 11) is 2.04. The van der Waals surface area contributed by atoms with Crippen molar-refractivity contribution in [2.75, 3.05) is 25.0 Å². The first kappa shape index (κ1) is 17.5. The van der Waals surface area contributed by atoms with E-state index in [1.165, 1.54) is 12.1 Å². The van der Waals surface area contributed by atoms with E-state index in [9.17, 15) is 4.39 Å². The summed E-state index contributed by atoms with van der Waals surface area (Å²) in [5.74, 6) is 1.58. The molecule has 1 aliphatic heterocycles. The third-order valence-electron chi connectivity index (χ3n) is 4.72. The second-order valence-corrected chi connectivity index (χ2v) is 6.78. The third-order valence-corrected chi connectivity index (χ3v) is 4.72. The van der Waals surface area contributed by atoms with Gasteiger partial charge in [-0.1, -0.05) is 0 Å². The Labute approximate surface area is 156 Å². The van der Waals surface area contributed by atoms with Gasteiger partial charge in [0.05, 0.1) is 6.54 Å². The fourth-order valence-corrected chi connectivity index (χ4v) is 3.46. The highest BCUT2D eigenvalue weighted by molar-refractivity contribution is 5.51. The van der Waals surface area contributed by atoms with Crippen LogP contribution in [0, 0.1) is 5.82 Å². The van der Waals surface area contributed by atoms with Crippen molar-refractivity contribution in [2.45, 2.75) is 25.4 Å². The molecule has 0 spiro atoms. The largest absolute Gasteiger partial charge is 0.419 e. The molecule has 1 unspecified atom stereocenters. The Hall–Kier alpha value is -2.87. The molecule has 0 amide bonds. The minimum Gasteiger partial charge on any atom is -0.419 e. The van der Waals surface area contributed by atoms with Gasteiger partial charge in [-0.2, -0.15) is 5.10 Å². The molecule has 0 N–H and O–H groups in total. The quantitative estimate of drug-likeness (QED) is 0.662. The maximum atomic E-state index is 13.0. The fourth-order valence-electron chi connectivity index (χ4n) is 3.46. The SMILES string of the molecule is CN(Cc1nnc(-c2ccc(F)cc2)o1)CC1CCCN1c1cccnn1. The van der Waals surface area contributed by atoms with Crippen LogP contribution in [-0.2, 0) is 6.54 Å². The van der Waals surface area contributed by atoms with Gasteiger partial charge in [0.15, 0.2) is 5.82 Å².